The third-order valence-corrected chi connectivity index (χ3v) is 10.3. The van der Waals surface area contributed by atoms with Gasteiger partial charge < -0.3 is 4.57 Å². The average Bonchev–Trinajstić information content (AvgIpc) is 3.70. The van der Waals surface area contributed by atoms with E-state index >= 15 is 0 Å². The predicted molar refractivity (Wildman–Crippen MR) is 209 cm³/mol. The zero-order chi connectivity index (χ0) is 32.8. The van der Waals surface area contributed by atoms with Crippen molar-refractivity contribution >= 4 is 76.1 Å². The highest BCUT2D eigenvalue weighted by Crippen LogP contribution is 2.40. The van der Waals surface area contributed by atoms with E-state index in [-0.39, 0.29) is 0 Å². The second kappa shape index (κ2) is 10.4. The van der Waals surface area contributed by atoms with Gasteiger partial charge in [0, 0.05) is 43.6 Å². The first kappa shape index (κ1) is 27.2. The number of para-hydroxylation sites is 3. The van der Waals surface area contributed by atoms with Gasteiger partial charge in [-0.25, -0.2) is 9.97 Å². The summed E-state index contributed by atoms with van der Waals surface area (Å²) < 4.78 is 4.67. The third-order valence-electron chi connectivity index (χ3n) is 10.3. The van der Waals surface area contributed by atoms with Gasteiger partial charge in [-0.1, -0.05) is 133 Å². The van der Waals surface area contributed by atoms with Crippen LogP contribution in [0.5, 0.6) is 0 Å². The lowest BCUT2D eigenvalue weighted by Gasteiger charge is -2.14. The Kier molecular flexibility index (Phi) is 5.63. The monoisotopic (exact) mass is 636 g/mol. The van der Waals surface area contributed by atoms with Crippen molar-refractivity contribution in [3.05, 3.63) is 170 Å². The lowest BCUT2D eigenvalue weighted by atomic mass is 10.0. The van der Waals surface area contributed by atoms with Crippen LogP contribution in [0.15, 0.2) is 170 Å². The van der Waals surface area contributed by atoms with Crippen LogP contribution in [0.1, 0.15) is 0 Å². The van der Waals surface area contributed by atoms with E-state index in [1.807, 2.05) is 0 Å². The minimum atomic E-state index is 0.655. The van der Waals surface area contributed by atoms with Gasteiger partial charge in [0.25, 0.3) is 0 Å². The number of hydrogen-bond donors (Lipinski definition) is 0. The number of fused-ring (bicyclic) bond motifs is 10. The van der Waals surface area contributed by atoms with Crippen LogP contribution in [-0.4, -0.2) is 19.1 Å². The minimum Gasteiger partial charge on any atom is -0.309 e. The van der Waals surface area contributed by atoms with E-state index in [1.165, 1.54) is 54.1 Å². The molecule has 11 aromatic rings. The van der Waals surface area contributed by atoms with Gasteiger partial charge in [-0.2, -0.15) is 0 Å². The molecule has 232 valence electrons. The van der Waals surface area contributed by atoms with E-state index < -0.39 is 0 Å². The highest BCUT2D eigenvalue weighted by molar-refractivity contribution is 6.19. The number of aromatic nitrogens is 4. The van der Waals surface area contributed by atoms with Crippen molar-refractivity contribution in [2.75, 3.05) is 0 Å². The molecule has 3 heterocycles. The van der Waals surface area contributed by atoms with Crippen LogP contribution in [0.2, 0.25) is 0 Å². The Bertz CT molecular complexity index is 3110. The Labute approximate surface area is 287 Å². The van der Waals surface area contributed by atoms with Crippen molar-refractivity contribution in [2.45, 2.75) is 0 Å². The van der Waals surface area contributed by atoms with Gasteiger partial charge in [-0.05, 0) is 52.6 Å². The van der Waals surface area contributed by atoms with Crippen molar-refractivity contribution in [3.8, 4) is 22.9 Å². The molecule has 0 bridgehead atoms. The molecule has 8 aromatic carbocycles. The zero-order valence-corrected chi connectivity index (χ0v) is 27.0. The fourth-order valence-electron chi connectivity index (χ4n) is 8.04. The van der Waals surface area contributed by atoms with Crippen LogP contribution in [-0.2, 0) is 0 Å². The van der Waals surface area contributed by atoms with Crippen molar-refractivity contribution in [1.29, 1.82) is 0 Å². The first-order valence-electron chi connectivity index (χ1n) is 17.0. The SMILES string of the molecule is c1ccc2cc(-c3nc(-n4c5cc(-n6c7ccccc7c7ccccc76)ccc5c5ccc6ccccc6c54)nc4ccccc34)ccc2c1. The fraction of sp³-hybridized carbons (Fsp3) is 0. The van der Waals surface area contributed by atoms with Gasteiger partial charge in [-0.3, -0.25) is 4.57 Å². The summed E-state index contributed by atoms with van der Waals surface area (Å²) in [6, 6.07) is 60.7. The maximum Gasteiger partial charge on any atom is 0.235 e. The lowest BCUT2D eigenvalue weighted by Crippen LogP contribution is -2.04. The molecule has 0 fully saturated rings. The highest BCUT2D eigenvalue weighted by atomic mass is 15.2. The quantitative estimate of drug-likeness (QED) is 0.193. The fourth-order valence-corrected chi connectivity index (χ4v) is 8.04. The average molecular weight is 637 g/mol. The second-order valence-electron chi connectivity index (χ2n) is 13.0. The summed E-state index contributed by atoms with van der Waals surface area (Å²) in [6.45, 7) is 0. The minimum absolute atomic E-state index is 0.655. The molecule has 0 radical (unpaired) electrons. The molecular formula is C46H28N4. The van der Waals surface area contributed by atoms with Crippen LogP contribution < -0.4 is 0 Å². The Balaban J connectivity index is 1.27. The van der Waals surface area contributed by atoms with Crippen LogP contribution in [0.3, 0.4) is 0 Å². The van der Waals surface area contributed by atoms with Crippen LogP contribution in [0.4, 0.5) is 0 Å². The first-order chi connectivity index (χ1) is 24.8. The molecule has 4 heteroatoms. The normalized spacial score (nSPS) is 12.0. The second-order valence-corrected chi connectivity index (χ2v) is 13.0. The molecule has 50 heavy (non-hydrogen) atoms. The Morgan fingerprint density at radius 1 is 0.360 bits per heavy atom. The van der Waals surface area contributed by atoms with E-state index in [4.69, 9.17) is 9.97 Å². The Hall–Kier alpha value is -6.78. The maximum absolute atomic E-state index is 5.46. The van der Waals surface area contributed by atoms with Gasteiger partial charge in [0.15, 0.2) is 0 Å². The summed E-state index contributed by atoms with van der Waals surface area (Å²) in [5.41, 5.74) is 8.54. The molecule has 0 spiro atoms. The molecule has 11 rings (SSSR count). The molecule has 0 unspecified atom stereocenters. The summed E-state index contributed by atoms with van der Waals surface area (Å²) in [7, 11) is 0. The largest absolute Gasteiger partial charge is 0.309 e. The lowest BCUT2D eigenvalue weighted by molar-refractivity contribution is 1.01. The number of benzene rings is 8. The maximum atomic E-state index is 5.46. The van der Waals surface area contributed by atoms with E-state index in [0.717, 1.165) is 38.9 Å². The predicted octanol–water partition coefficient (Wildman–Crippen LogP) is 11.8. The molecule has 0 N–H and O–H groups in total. The summed E-state index contributed by atoms with van der Waals surface area (Å²) in [5, 5.41) is 10.6. The number of hydrogen-bond acceptors (Lipinski definition) is 2. The van der Waals surface area contributed by atoms with E-state index in [1.54, 1.807) is 0 Å². The summed E-state index contributed by atoms with van der Waals surface area (Å²) in [6.07, 6.45) is 0. The van der Waals surface area contributed by atoms with Crippen molar-refractivity contribution in [1.82, 2.24) is 19.1 Å². The summed E-state index contributed by atoms with van der Waals surface area (Å²) in [5.74, 6) is 0.655. The summed E-state index contributed by atoms with van der Waals surface area (Å²) >= 11 is 0. The van der Waals surface area contributed by atoms with Gasteiger partial charge in [0.05, 0.1) is 33.3 Å². The van der Waals surface area contributed by atoms with Gasteiger partial charge in [0.2, 0.25) is 5.95 Å². The van der Waals surface area contributed by atoms with E-state index in [2.05, 4.69) is 179 Å². The van der Waals surface area contributed by atoms with E-state index in [9.17, 15) is 0 Å². The smallest absolute Gasteiger partial charge is 0.235 e. The first-order valence-corrected chi connectivity index (χ1v) is 17.0. The van der Waals surface area contributed by atoms with Crippen molar-refractivity contribution in [2.24, 2.45) is 0 Å². The molecule has 0 aliphatic rings. The zero-order valence-electron chi connectivity index (χ0n) is 27.0. The molecule has 0 saturated heterocycles. The molecule has 0 amide bonds. The third kappa shape index (κ3) is 3.87. The van der Waals surface area contributed by atoms with Crippen LogP contribution in [0, 0.1) is 0 Å². The van der Waals surface area contributed by atoms with Crippen molar-refractivity contribution < 1.29 is 0 Å². The standard InChI is InChI=1S/C46H28N4/c1-2-13-31-27-32(22-21-29(31)11-1)44-39-17-5-8-18-40(39)47-46(48-44)50-43-28-33(49-41-19-9-6-15-35(41)36-16-7-10-20-42(36)49)24-26-37(43)38-25-23-30-12-3-4-14-34(30)45(38)50/h1-28H. The Morgan fingerprint density at radius 2 is 0.960 bits per heavy atom. The van der Waals surface area contributed by atoms with Crippen LogP contribution >= 0.6 is 0 Å². The number of nitrogens with zero attached hydrogens (tertiary/aromatic N) is 4. The molecule has 0 aliphatic heterocycles. The van der Waals surface area contributed by atoms with Gasteiger partial charge in [-0.15, -0.1) is 0 Å². The molecule has 3 aromatic heterocycles. The number of rotatable bonds is 3. The summed E-state index contributed by atoms with van der Waals surface area (Å²) in [4.78, 5) is 10.8. The molecule has 0 atom stereocenters. The molecule has 0 saturated carbocycles. The van der Waals surface area contributed by atoms with Gasteiger partial charge >= 0.3 is 0 Å². The van der Waals surface area contributed by atoms with Gasteiger partial charge in [0.1, 0.15) is 0 Å². The van der Waals surface area contributed by atoms with Crippen LogP contribution in [0.25, 0.3) is 99.0 Å². The topological polar surface area (TPSA) is 35.6 Å². The molecular weight excluding hydrogens is 609 g/mol. The Morgan fingerprint density at radius 3 is 1.76 bits per heavy atom. The van der Waals surface area contributed by atoms with Crippen molar-refractivity contribution in [3.63, 3.8) is 0 Å². The molecule has 4 nitrogen and oxygen atoms in total. The molecule has 0 aliphatic carbocycles. The highest BCUT2D eigenvalue weighted by Gasteiger charge is 2.21. The van der Waals surface area contributed by atoms with E-state index in [0.29, 0.717) is 5.95 Å².